The third-order valence-electron chi connectivity index (χ3n) is 2.86. The van der Waals surface area contributed by atoms with Gasteiger partial charge in [-0.05, 0) is 32.0 Å². The summed E-state index contributed by atoms with van der Waals surface area (Å²) in [6.45, 7) is 6.79. The van der Waals surface area contributed by atoms with Crippen molar-refractivity contribution in [3.8, 4) is 0 Å². The molecule has 0 aliphatic heterocycles. The van der Waals surface area contributed by atoms with E-state index < -0.39 is 9.84 Å². The number of benzene rings is 1. The van der Waals surface area contributed by atoms with Crippen molar-refractivity contribution in [3.05, 3.63) is 18.2 Å². The number of anilines is 2. The van der Waals surface area contributed by atoms with E-state index in [1.807, 2.05) is 13.8 Å². The maximum absolute atomic E-state index is 11.5. The zero-order valence-electron chi connectivity index (χ0n) is 11.7. The summed E-state index contributed by atoms with van der Waals surface area (Å²) < 4.78 is 28.2. The molecule has 19 heavy (non-hydrogen) atoms. The first-order valence-corrected chi connectivity index (χ1v) is 8.21. The minimum atomic E-state index is -3.22. The molecular weight excluding hydrogens is 264 g/mol. The second-order valence-corrected chi connectivity index (χ2v) is 6.29. The van der Waals surface area contributed by atoms with Gasteiger partial charge in [-0.25, -0.2) is 8.42 Å². The molecule has 0 aromatic heterocycles. The summed E-state index contributed by atoms with van der Waals surface area (Å²) in [7, 11) is -3.22. The molecule has 1 aromatic carbocycles. The fourth-order valence-electron chi connectivity index (χ4n) is 1.82. The van der Waals surface area contributed by atoms with Crippen molar-refractivity contribution in [2.24, 2.45) is 0 Å². The van der Waals surface area contributed by atoms with Crippen LogP contribution >= 0.6 is 0 Å². The van der Waals surface area contributed by atoms with E-state index in [9.17, 15) is 8.42 Å². The van der Waals surface area contributed by atoms with Crippen LogP contribution in [0.4, 0.5) is 11.4 Å². The van der Waals surface area contributed by atoms with Crippen LogP contribution in [0.15, 0.2) is 23.1 Å². The highest BCUT2D eigenvalue weighted by molar-refractivity contribution is 7.90. The van der Waals surface area contributed by atoms with E-state index in [0.717, 1.165) is 18.8 Å². The zero-order chi connectivity index (χ0) is 14.5. The molecule has 0 bridgehead atoms. The molecule has 0 amide bonds. The van der Waals surface area contributed by atoms with E-state index in [1.54, 1.807) is 12.1 Å². The summed E-state index contributed by atoms with van der Waals surface area (Å²) in [4.78, 5) is 2.31. The maximum Gasteiger partial charge on any atom is 0.175 e. The van der Waals surface area contributed by atoms with Gasteiger partial charge in [0.1, 0.15) is 0 Å². The van der Waals surface area contributed by atoms with Crippen molar-refractivity contribution in [1.82, 2.24) is 0 Å². The molecule has 5 nitrogen and oxygen atoms in total. The Kier molecular flexibility index (Phi) is 5.62. The van der Waals surface area contributed by atoms with Gasteiger partial charge in [0.05, 0.1) is 22.9 Å². The van der Waals surface area contributed by atoms with Crippen LogP contribution in [-0.2, 0) is 14.6 Å². The van der Waals surface area contributed by atoms with Crippen molar-refractivity contribution in [1.29, 1.82) is 0 Å². The summed E-state index contributed by atoms with van der Waals surface area (Å²) >= 11 is 0. The fraction of sp³-hybridized carbons (Fsp3) is 0.538. The van der Waals surface area contributed by atoms with Gasteiger partial charge in [0, 0.05) is 26.0 Å². The number of nitrogens with zero attached hydrogens (tertiary/aromatic N) is 1. The molecule has 0 fully saturated rings. The average Bonchev–Trinajstić information content (AvgIpc) is 2.34. The van der Waals surface area contributed by atoms with Gasteiger partial charge in [-0.1, -0.05) is 0 Å². The van der Waals surface area contributed by atoms with Crippen LogP contribution in [0.3, 0.4) is 0 Å². The van der Waals surface area contributed by atoms with Crippen molar-refractivity contribution >= 4 is 21.2 Å². The molecule has 0 saturated carbocycles. The number of hydrogen-bond donors (Lipinski definition) is 1. The first-order chi connectivity index (χ1) is 8.90. The first kappa shape index (κ1) is 15.8. The van der Waals surface area contributed by atoms with E-state index in [2.05, 4.69) is 4.90 Å². The Morgan fingerprint density at radius 2 is 2.00 bits per heavy atom. The topological polar surface area (TPSA) is 72.6 Å². The lowest BCUT2D eigenvalue weighted by molar-refractivity contribution is 0.154. The molecule has 6 heteroatoms. The molecular formula is C13H22N2O3S. The molecule has 1 aromatic rings. The number of hydrogen-bond acceptors (Lipinski definition) is 5. The van der Waals surface area contributed by atoms with Gasteiger partial charge in [0.25, 0.3) is 0 Å². The smallest absolute Gasteiger partial charge is 0.175 e. The molecule has 1 rings (SSSR count). The van der Waals surface area contributed by atoms with E-state index in [0.29, 0.717) is 18.9 Å². The van der Waals surface area contributed by atoms with Crippen LogP contribution in [0, 0.1) is 0 Å². The Bertz CT molecular complexity index is 515. The average molecular weight is 286 g/mol. The molecule has 0 aliphatic rings. The Hall–Kier alpha value is -1.27. The van der Waals surface area contributed by atoms with Crippen molar-refractivity contribution < 1.29 is 13.2 Å². The molecule has 0 spiro atoms. The van der Waals surface area contributed by atoms with Gasteiger partial charge in [-0.2, -0.15) is 0 Å². The van der Waals surface area contributed by atoms with Crippen LogP contribution in [0.5, 0.6) is 0 Å². The molecule has 2 N–H and O–H groups in total. The summed E-state index contributed by atoms with van der Waals surface area (Å²) in [5.41, 5.74) is 7.27. The number of sulfone groups is 1. The third kappa shape index (κ3) is 4.40. The standard InChI is InChI=1S/C13H22N2O3S/c1-4-15(8-9-18-5-2)13-7-6-11(10-12(13)14)19(3,16)17/h6-7,10H,4-5,8-9,14H2,1-3H3. The van der Waals surface area contributed by atoms with Gasteiger partial charge in [0.15, 0.2) is 9.84 Å². The Morgan fingerprint density at radius 1 is 1.32 bits per heavy atom. The highest BCUT2D eigenvalue weighted by atomic mass is 32.2. The highest BCUT2D eigenvalue weighted by Gasteiger charge is 2.12. The Morgan fingerprint density at radius 3 is 2.47 bits per heavy atom. The van der Waals surface area contributed by atoms with E-state index in [4.69, 9.17) is 10.5 Å². The van der Waals surface area contributed by atoms with E-state index >= 15 is 0 Å². The van der Waals surface area contributed by atoms with Gasteiger partial charge in [0.2, 0.25) is 0 Å². The first-order valence-electron chi connectivity index (χ1n) is 6.32. The Balaban J connectivity index is 2.93. The number of nitrogens with two attached hydrogens (primary N) is 1. The number of likely N-dealkylation sites (N-methyl/N-ethyl adjacent to an activating group) is 1. The monoisotopic (exact) mass is 286 g/mol. The molecule has 0 aliphatic carbocycles. The minimum absolute atomic E-state index is 0.245. The van der Waals surface area contributed by atoms with E-state index in [-0.39, 0.29) is 4.90 Å². The van der Waals surface area contributed by atoms with Crippen LogP contribution in [0.25, 0.3) is 0 Å². The maximum atomic E-state index is 11.5. The molecule has 0 saturated heterocycles. The molecule has 0 unspecified atom stereocenters. The summed E-state index contributed by atoms with van der Waals surface area (Å²) in [6.07, 6.45) is 1.17. The molecule has 0 heterocycles. The lowest BCUT2D eigenvalue weighted by Gasteiger charge is -2.24. The van der Waals surface area contributed by atoms with Crippen molar-refractivity contribution in [3.63, 3.8) is 0 Å². The van der Waals surface area contributed by atoms with Crippen molar-refractivity contribution in [2.45, 2.75) is 18.7 Å². The van der Waals surface area contributed by atoms with Gasteiger partial charge in [-0.15, -0.1) is 0 Å². The van der Waals surface area contributed by atoms with Crippen LogP contribution in [0.1, 0.15) is 13.8 Å². The highest BCUT2D eigenvalue weighted by Crippen LogP contribution is 2.26. The molecule has 0 radical (unpaired) electrons. The predicted octanol–water partition coefficient (Wildman–Crippen LogP) is 1.54. The molecule has 108 valence electrons. The summed E-state index contributed by atoms with van der Waals surface area (Å²) in [6, 6.07) is 4.85. The Labute approximate surface area is 115 Å². The predicted molar refractivity (Wildman–Crippen MR) is 78.3 cm³/mol. The quantitative estimate of drug-likeness (QED) is 0.608. The minimum Gasteiger partial charge on any atom is -0.397 e. The molecule has 0 atom stereocenters. The largest absolute Gasteiger partial charge is 0.397 e. The van der Waals surface area contributed by atoms with E-state index in [1.165, 1.54) is 12.3 Å². The second kappa shape index (κ2) is 6.77. The third-order valence-corrected chi connectivity index (χ3v) is 3.97. The summed E-state index contributed by atoms with van der Waals surface area (Å²) in [5, 5.41) is 0. The van der Waals surface area contributed by atoms with Gasteiger partial charge >= 0.3 is 0 Å². The number of ether oxygens (including phenoxy) is 1. The van der Waals surface area contributed by atoms with Gasteiger partial charge in [-0.3, -0.25) is 0 Å². The lowest BCUT2D eigenvalue weighted by atomic mass is 10.2. The van der Waals surface area contributed by atoms with Crippen LogP contribution in [0.2, 0.25) is 0 Å². The number of nitrogen functional groups attached to an aromatic ring is 1. The van der Waals surface area contributed by atoms with Gasteiger partial charge < -0.3 is 15.4 Å². The van der Waals surface area contributed by atoms with Crippen LogP contribution in [-0.4, -0.2) is 41.0 Å². The summed E-state index contributed by atoms with van der Waals surface area (Å²) in [5.74, 6) is 0. The van der Waals surface area contributed by atoms with Crippen molar-refractivity contribution in [2.75, 3.05) is 43.2 Å². The lowest BCUT2D eigenvalue weighted by Crippen LogP contribution is -2.28. The number of rotatable bonds is 7. The van der Waals surface area contributed by atoms with Crippen LogP contribution < -0.4 is 10.6 Å². The second-order valence-electron chi connectivity index (χ2n) is 4.27. The zero-order valence-corrected chi connectivity index (χ0v) is 12.5. The fourth-order valence-corrected chi connectivity index (χ4v) is 2.48. The SMILES string of the molecule is CCOCCN(CC)c1ccc(S(C)(=O)=O)cc1N. The normalized spacial score (nSPS) is 11.5.